The molecule has 2 saturated carbocycles. The largest absolute Gasteiger partial charge is 0.369 e. The fourth-order valence-electron chi connectivity index (χ4n) is 5.81. The van der Waals surface area contributed by atoms with Gasteiger partial charge in [0, 0.05) is 31.9 Å². The Morgan fingerprint density at radius 3 is 2.71 bits per heavy atom. The number of hydrogen-bond acceptors (Lipinski definition) is 3. The molecule has 1 aromatic heterocycles. The lowest BCUT2D eigenvalue weighted by atomic mass is 9.48. The summed E-state index contributed by atoms with van der Waals surface area (Å²) >= 11 is 0. The van der Waals surface area contributed by atoms with Crippen molar-refractivity contribution in [2.45, 2.75) is 65.0 Å². The van der Waals surface area contributed by atoms with Crippen molar-refractivity contribution in [3.63, 3.8) is 0 Å². The zero-order valence-electron chi connectivity index (χ0n) is 15.0. The molecule has 3 aliphatic rings. The van der Waals surface area contributed by atoms with Crippen molar-refractivity contribution in [3.8, 4) is 0 Å². The van der Waals surface area contributed by atoms with Gasteiger partial charge in [-0.25, -0.2) is 4.98 Å². The third kappa shape index (κ3) is 2.40. The highest BCUT2D eigenvalue weighted by molar-refractivity contribution is 5.83. The van der Waals surface area contributed by atoms with E-state index in [0.717, 1.165) is 26.1 Å². The second kappa shape index (κ2) is 5.58. The first-order valence-corrected chi connectivity index (χ1v) is 9.45. The van der Waals surface area contributed by atoms with E-state index in [-0.39, 0.29) is 16.7 Å². The van der Waals surface area contributed by atoms with Gasteiger partial charge in [-0.1, -0.05) is 33.1 Å². The van der Waals surface area contributed by atoms with Gasteiger partial charge in [-0.05, 0) is 30.6 Å². The molecule has 0 bridgehead atoms. The van der Waals surface area contributed by atoms with Crippen LogP contribution < -0.4 is 5.73 Å². The minimum Gasteiger partial charge on any atom is -0.369 e. The third-order valence-corrected chi connectivity index (χ3v) is 6.92. The number of imidazole rings is 1. The van der Waals surface area contributed by atoms with E-state index in [0.29, 0.717) is 12.0 Å². The Kier molecular flexibility index (Phi) is 3.75. The second-order valence-corrected chi connectivity index (χ2v) is 8.99. The van der Waals surface area contributed by atoms with E-state index < -0.39 is 0 Å². The first-order valence-electron chi connectivity index (χ1n) is 9.45. The molecule has 2 heterocycles. The Morgan fingerprint density at radius 1 is 1.33 bits per heavy atom. The van der Waals surface area contributed by atoms with Crippen LogP contribution in [0.5, 0.6) is 0 Å². The predicted octanol–water partition coefficient (Wildman–Crippen LogP) is 2.72. The summed E-state index contributed by atoms with van der Waals surface area (Å²) in [5.74, 6) is 0.295. The standard InChI is InChI=1S/C19H30N4O/c1-18(2)11-19(17(20)24)12-22(10-16(18)19)9-15-8-21-13-23(15)14-6-4-3-5-7-14/h8,13-14,16H,3-7,9-12H2,1-2H3,(H2,20,24)/t16-,19+/m1/s1. The van der Waals surface area contributed by atoms with Gasteiger partial charge in [-0.3, -0.25) is 9.69 Å². The lowest BCUT2D eigenvalue weighted by molar-refractivity contribution is -0.148. The molecule has 1 saturated heterocycles. The summed E-state index contributed by atoms with van der Waals surface area (Å²) in [6, 6.07) is 0.608. The molecule has 132 valence electrons. The van der Waals surface area contributed by atoms with E-state index in [1.54, 1.807) is 0 Å². The van der Waals surface area contributed by atoms with Crippen LogP contribution in [-0.4, -0.2) is 33.4 Å². The third-order valence-electron chi connectivity index (χ3n) is 6.92. The van der Waals surface area contributed by atoms with Gasteiger partial charge in [-0.2, -0.15) is 0 Å². The second-order valence-electron chi connectivity index (χ2n) is 8.99. The summed E-state index contributed by atoms with van der Waals surface area (Å²) in [5.41, 5.74) is 7.02. The van der Waals surface area contributed by atoms with Gasteiger partial charge in [0.1, 0.15) is 0 Å². The average Bonchev–Trinajstić information content (AvgIpc) is 3.12. The Morgan fingerprint density at radius 2 is 2.08 bits per heavy atom. The monoisotopic (exact) mass is 330 g/mol. The van der Waals surface area contributed by atoms with Crippen LogP contribution in [0.15, 0.2) is 12.5 Å². The van der Waals surface area contributed by atoms with E-state index in [1.807, 2.05) is 12.5 Å². The summed E-state index contributed by atoms with van der Waals surface area (Å²) in [6.45, 7) is 7.22. The van der Waals surface area contributed by atoms with Crippen LogP contribution in [0, 0.1) is 16.7 Å². The number of hydrogen-bond donors (Lipinski definition) is 1. The molecular formula is C19H30N4O. The lowest BCUT2D eigenvalue weighted by Gasteiger charge is -2.54. The molecule has 1 aromatic rings. The molecule has 0 aromatic carbocycles. The molecule has 2 atom stereocenters. The molecule has 2 aliphatic carbocycles. The van der Waals surface area contributed by atoms with Crippen molar-refractivity contribution in [1.82, 2.24) is 14.5 Å². The number of carbonyl (C=O) groups is 1. The molecule has 3 fully saturated rings. The Balaban J connectivity index is 1.49. The van der Waals surface area contributed by atoms with Gasteiger partial charge in [0.25, 0.3) is 0 Å². The number of fused-ring (bicyclic) bond motifs is 1. The fraction of sp³-hybridized carbons (Fsp3) is 0.789. The smallest absolute Gasteiger partial charge is 0.225 e. The molecule has 5 nitrogen and oxygen atoms in total. The van der Waals surface area contributed by atoms with Crippen molar-refractivity contribution in [2.75, 3.05) is 13.1 Å². The van der Waals surface area contributed by atoms with Crippen LogP contribution in [0.2, 0.25) is 0 Å². The van der Waals surface area contributed by atoms with Crippen molar-refractivity contribution < 1.29 is 4.79 Å². The number of primary amides is 1. The van der Waals surface area contributed by atoms with E-state index in [9.17, 15) is 4.79 Å². The van der Waals surface area contributed by atoms with Crippen LogP contribution in [0.3, 0.4) is 0 Å². The molecule has 5 heteroatoms. The Bertz CT molecular complexity index is 631. The molecule has 4 rings (SSSR count). The summed E-state index contributed by atoms with van der Waals surface area (Å²) in [6.07, 6.45) is 11.5. The van der Waals surface area contributed by atoms with Crippen LogP contribution >= 0.6 is 0 Å². The minimum absolute atomic E-state index is 0.102. The van der Waals surface area contributed by atoms with E-state index in [4.69, 9.17) is 5.73 Å². The summed E-state index contributed by atoms with van der Waals surface area (Å²) in [7, 11) is 0. The molecular weight excluding hydrogens is 300 g/mol. The zero-order valence-corrected chi connectivity index (χ0v) is 15.0. The molecule has 1 amide bonds. The van der Waals surface area contributed by atoms with Crippen molar-refractivity contribution in [3.05, 3.63) is 18.2 Å². The van der Waals surface area contributed by atoms with Gasteiger partial charge in [-0.15, -0.1) is 0 Å². The van der Waals surface area contributed by atoms with Crippen LogP contribution in [0.25, 0.3) is 0 Å². The highest BCUT2D eigenvalue weighted by atomic mass is 16.1. The average molecular weight is 330 g/mol. The van der Waals surface area contributed by atoms with E-state index in [2.05, 4.69) is 28.3 Å². The summed E-state index contributed by atoms with van der Waals surface area (Å²) in [5, 5.41) is 0. The number of aromatic nitrogens is 2. The molecule has 24 heavy (non-hydrogen) atoms. The quantitative estimate of drug-likeness (QED) is 0.923. The SMILES string of the molecule is CC1(C)C[C@]2(C(N)=O)CN(Cc3cncn3C3CCCCC3)C[C@H]12. The number of rotatable bonds is 4. The van der Waals surface area contributed by atoms with Gasteiger partial charge >= 0.3 is 0 Å². The van der Waals surface area contributed by atoms with Gasteiger partial charge in [0.2, 0.25) is 5.91 Å². The van der Waals surface area contributed by atoms with Gasteiger partial charge in [0.05, 0.1) is 17.4 Å². The molecule has 0 unspecified atom stereocenters. The minimum atomic E-state index is -0.292. The number of likely N-dealkylation sites (tertiary alicyclic amines) is 1. The predicted molar refractivity (Wildman–Crippen MR) is 93.1 cm³/mol. The summed E-state index contributed by atoms with van der Waals surface area (Å²) < 4.78 is 2.39. The summed E-state index contributed by atoms with van der Waals surface area (Å²) in [4.78, 5) is 19.0. The maximum Gasteiger partial charge on any atom is 0.225 e. The number of nitrogens with two attached hydrogens (primary N) is 1. The molecule has 1 aliphatic heterocycles. The van der Waals surface area contributed by atoms with Gasteiger partial charge in [0.15, 0.2) is 0 Å². The van der Waals surface area contributed by atoms with Crippen LogP contribution in [-0.2, 0) is 11.3 Å². The first-order chi connectivity index (χ1) is 11.4. The normalized spacial score (nSPS) is 33.2. The maximum atomic E-state index is 12.1. The topological polar surface area (TPSA) is 64.2 Å². The van der Waals surface area contributed by atoms with E-state index >= 15 is 0 Å². The Labute approximate surface area is 144 Å². The van der Waals surface area contributed by atoms with Crippen molar-refractivity contribution in [1.29, 1.82) is 0 Å². The number of carbonyl (C=O) groups excluding carboxylic acids is 1. The highest BCUT2D eigenvalue weighted by Crippen LogP contribution is 2.62. The van der Waals surface area contributed by atoms with Crippen LogP contribution in [0.1, 0.15) is 64.1 Å². The van der Waals surface area contributed by atoms with E-state index in [1.165, 1.54) is 37.8 Å². The van der Waals surface area contributed by atoms with Crippen molar-refractivity contribution >= 4 is 5.91 Å². The first kappa shape index (κ1) is 16.1. The number of amides is 1. The molecule has 0 spiro atoms. The van der Waals surface area contributed by atoms with Crippen LogP contribution in [0.4, 0.5) is 0 Å². The molecule has 2 N–H and O–H groups in total. The maximum absolute atomic E-state index is 12.1. The van der Waals surface area contributed by atoms with Gasteiger partial charge < -0.3 is 10.3 Å². The Hall–Kier alpha value is -1.36. The highest BCUT2D eigenvalue weighted by Gasteiger charge is 2.65. The lowest BCUT2D eigenvalue weighted by Crippen LogP contribution is -2.59. The molecule has 0 radical (unpaired) electrons. The number of nitrogens with zero attached hydrogens (tertiary/aromatic N) is 3. The fourth-order valence-corrected chi connectivity index (χ4v) is 5.81. The van der Waals surface area contributed by atoms with Crippen molar-refractivity contribution in [2.24, 2.45) is 22.5 Å². The zero-order chi connectivity index (χ0) is 16.9.